The molecule has 0 aliphatic heterocycles. The van der Waals surface area contributed by atoms with Gasteiger partial charge in [0.2, 0.25) is 5.91 Å². The number of nitrogens with one attached hydrogen (secondary N) is 2. The smallest absolute Gasteiger partial charge is 0.404 e. The van der Waals surface area contributed by atoms with Crippen LogP contribution in [0.4, 0.5) is 19.3 Å². The van der Waals surface area contributed by atoms with Gasteiger partial charge < -0.3 is 30.9 Å². The van der Waals surface area contributed by atoms with Crippen molar-refractivity contribution < 1.29 is 28.3 Å². The van der Waals surface area contributed by atoms with Crippen molar-refractivity contribution in [1.82, 2.24) is 14.8 Å². The average molecular weight is 646 g/mol. The average Bonchev–Trinajstić information content (AvgIpc) is 3.41. The Balaban J connectivity index is 1.83. The quantitative estimate of drug-likeness (QED) is 0.128. The van der Waals surface area contributed by atoms with Crippen LogP contribution in [0.1, 0.15) is 61.8 Å². The van der Waals surface area contributed by atoms with Gasteiger partial charge in [0.05, 0.1) is 12.1 Å². The fourth-order valence-corrected chi connectivity index (χ4v) is 5.52. The van der Waals surface area contributed by atoms with E-state index in [9.17, 15) is 18.8 Å². The second kappa shape index (κ2) is 15.0. The van der Waals surface area contributed by atoms with Crippen LogP contribution in [0, 0.1) is 17.0 Å². The van der Waals surface area contributed by atoms with E-state index in [2.05, 4.69) is 10.6 Å². The summed E-state index contributed by atoms with van der Waals surface area (Å²) in [7, 11) is 0. The summed E-state index contributed by atoms with van der Waals surface area (Å²) in [4.78, 5) is 39.4. The molecule has 4 aromatic rings. The number of anilines is 1. The fraction of sp³-hybridized carbons (Fsp3) is 0.306. The van der Waals surface area contributed by atoms with E-state index in [-0.39, 0.29) is 30.5 Å². The monoisotopic (exact) mass is 645 g/mol. The topological polar surface area (TPSA) is 130 Å². The second-order valence-corrected chi connectivity index (χ2v) is 12.6. The summed E-state index contributed by atoms with van der Waals surface area (Å²) in [5.41, 5.74) is 8.13. The normalized spacial score (nSPS) is 12.7. The lowest BCUT2D eigenvalue weighted by Gasteiger charge is -2.41. The van der Waals surface area contributed by atoms with Crippen molar-refractivity contribution in [1.29, 1.82) is 0 Å². The van der Waals surface area contributed by atoms with Crippen LogP contribution in [-0.2, 0) is 11.3 Å². The Morgan fingerprint density at radius 2 is 1.66 bits per heavy atom. The molecule has 0 aliphatic rings. The van der Waals surface area contributed by atoms with Gasteiger partial charge in [-0.25, -0.2) is 13.6 Å². The van der Waals surface area contributed by atoms with Crippen LogP contribution in [0.5, 0.6) is 0 Å². The molecule has 0 aliphatic carbocycles. The molecule has 4 rings (SSSR count). The minimum atomic E-state index is -1.17. The minimum Gasteiger partial charge on any atom is -0.465 e. The van der Waals surface area contributed by atoms with E-state index in [1.807, 2.05) is 55.7 Å². The molecule has 2 atom stereocenters. The first-order valence-electron chi connectivity index (χ1n) is 15.4. The number of amides is 3. The molecule has 248 valence electrons. The Kier molecular flexibility index (Phi) is 11.1. The summed E-state index contributed by atoms with van der Waals surface area (Å²) < 4.78 is 31.3. The van der Waals surface area contributed by atoms with Gasteiger partial charge in [-0.05, 0) is 72.9 Å². The zero-order chi connectivity index (χ0) is 34.3. The maximum atomic E-state index is 15.1. The Morgan fingerprint density at radius 3 is 2.28 bits per heavy atom. The third-order valence-corrected chi connectivity index (χ3v) is 7.70. The Hall–Kier alpha value is -5.03. The highest BCUT2D eigenvalue weighted by atomic mass is 19.1. The van der Waals surface area contributed by atoms with Crippen LogP contribution >= 0.6 is 0 Å². The molecule has 0 unspecified atom stereocenters. The molecule has 11 heteroatoms. The number of nitrogens with two attached hydrogens (primary N) is 1. The Bertz CT molecular complexity index is 1700. The molecule has 47 heavy (non-hydrogen) atoms. The van der Waals surface area contributed by atoms with Gasteiger partial charge >= 0.3 is 6.09 Å². The van der Waals surface area contributed by atoms with Crippen LogP contribution in [0.15, 0.2) is 85.1 Å². The Labute approximate surface area is 273 Å². The number of nitrogens with zero attached hydrogens (tertiary/aromatic N) is 2. The molecule has 0 radical (unpaired) electrons. The fourth-order valence-electron chi connectivity index (χ4n) is 5.52. The molecule has 3 aromatic carbocycles. The van der Waals surface area contributed by atoms with E-state index in [1.165, 1.54) is 0 Å². The molecule has 3 amide bonds. The number of carbonyl (C=O) groups excluding carboxylic acids is 2. The first-order chi connectivity index (χ1) is 22.2. The van der Waals surface area contributed by atoms with Gasteiger partial charge in [-0.2, -0.15) is 0 Å². The number of hydrogen-bond donors (Lipinski definition) is 4. The lowest BCUT2D eigenvalue weighted by atomic mass is 9.82. The van der Waals surface area contributed by atoms with Crippen molar-refractivity contribution in [3.05, 3.63) is 114 Å². The highest BCUT2D eigenvalue weighted by Gasteiger charge is 2.37. The lowest BCUT2D eigenvalue weighted by molar-refractivity contribution is -0.117. The number of carbonyl (C=O) groups is 3. The third-order valence-electron chi connectivity index (χ3n) is 7.70. The summed E-state index contributed by atoms with van der Waals surface area (Å²) in [6, 6.07) is 19.9. The van der Waals surface area contributed by atoms with Gasteiger partial charge in [0.15, 0.2) is 0 Å². The maximum Gasteiger partial charge on any atom is 0.404 e. The first-order valence-corrected chi connectivity index (χ1v) is 15.4. The Morgan fingerprint density at radius 1 is 0.979 bits per heavy atom. The predicted octanol–water partition coefficient (Wildman–Crippen LogP) is 6.65. The number of benzene rings is 3. The molecule has 9 nitrogen and oxygen atoms in total. The van der Waals surface area contributed by atoms with E-state index >= 15 is 4.39 Å². The molecule has 0 fully saturated rings. The zero-order valence-electron chi connectivity index (χ0n) is 27.0. The SMILES string of the molecule is C[C@H](N)C(=O)Nc1ccc(C(=O)N(CCCNC(=O)O)[C@@H](c2cc(-c3cc(F)ccc3F)cn2Cc2ccccc2)C(C)(C)C)cc1. The summed E-state index contributed by atoms with van der Waals surface area (Å²) in [6.45, 7) is 8.23. The van der Waals surface area contributed by atoms with Gasteiger partial charge in [-0.3, -0.25) is 9.59 Å². The van der Waals surface area contributed by atoms with E-state index in [4.69, 9.17) is 10.8 Å². The second-order valence-electron chi connectivity index (χ2n) is 12.6. The molecule has 5 N–H and O–H groups in total. The van der Waals surface area contributed by atoms with Crippen LogP contribution in [0.2, 0.25) is 0 Å². The number of aromatic nitrogens is 1. The number of halogens is 2. The molecular formula is C36H41F2N5O4. The highest BCUT2D eigenvalue weighted by molar-refractivity contribution is 5.97. The van der Waals surface area contributed by atoms with Gasteiger partial charge in [-0.15, -0.1) is 0 Å². The van der Waals surface area contributed by atoms with E-state index in [1.54, 1.807) is 48.4 Å². The van der Waals surface area contributed by atoms with Gasteiger partial charge in [-0.1, -0.05) is 51.1 Å². The van der Waals surface area contributed by atoms with Crippen molar-refractivity contribution in [2.45, 2.75) is 52.7 Å². The number of rotatable bonds is 12. The van der Waals surface area contributed by atoms with Crippen molar-refractivity contribution in [2.24, 2.45) is 11.1 Å². The lowest BCUT2D eigenvalue weighted by Crippen LogP contribution is -2.43. The van der Waals surface area contributed by atoms with Crippen molar-refractivity contribution in [3.63, 3.8) is 0 Å². The third kappa shape index (κ3) is 9.04. The molecular weight excluding hydrogens is 604 g/mol. The van der Waals surface area contributed by atoms with Crippen molar-refractivity contribution >= 4 is 23.6 Å². The first kappa shape index (κ1) is 34.8. The van der Waals surface area contributed by atoms with Crippen LogP contribution in [-0.4, -0.2) is 51.6 Å². The maximum absolute atomic E-state index is 15.1. The predicted molar refractivity (Wildman–Crippen MR) is 178 cm³/mol. The van der Waals surface area contributed by atoms with Gasteiger partial charge in [0.25, 0.3) is 5.91 Å². The summed E-state index contributed by atoms with van der Waals surface area (Å²) in [5.74, 6) is -1.84. The van der Waals surface area contributed by atoms with Crippen molar-refractivity contribution in [3.8, 4) is 11.1 Å². The molecule has 0 saturated carbocycles. The van der Waals surface area contributed by atoms with Gasteiger partial charge in [0, 0.05) is 53.9 Å². The molecule has 0 bridgehead atoms. The van der Waals surface area contributed by atoms with Crippen LogP contribution in [0.25, 0.3) is 11.1 Å². The minimum absolute atomic E-state index is 0.0960. The number of carboxylic acid groups (broad SMARTS) is 1. The van der Waals surface area contributed by atoms with Crippen molar-refractivity contribution in [2.75, 3.05) is 18.4 Å². The van der Waals surface area contributed by atoms with E-state index in [0.29, 0.717) is 35.5 Å². The highest BCUT2D eigenvalue weighted by Crippen LogP contribution is 2.42. The zero-order valence-corrected chi connectivity index (χ0v) is 27.0. The summed E-state index contributed by atoms with van der Waals surface area (Å²) in [5, 5.41) is 14.2. The van der Waals surface area contributed by atoms with Crippen LogP contribution in [0.3, 0.4) is 0 Å². The standard InChI is InChI=1S/C36H41F2N5O4/c1-23(39)33(44)41-28-14-11-25(12-15-28)34(45)43(18-8-17-40-35(46)47)32(36(2,3)4)31-19-26(29-20-27(37)13-16-30(29)38)22-42(31)21-24-9-6-5-7-10-24/h5-7,9-16,19-20,22-23,32,40H,8,17-18,21,39H2,1-4H3,(H,41,44)(H,46,47)/t23-,32-/m0/s1. The molecule has 1 aromatic heterocycles. The molecule has 1 heterocycles. The van der Waals surface area contributed by atoms with Gasteiger partial charge in [0.1, 0.15) is 11.6 Å². The summed E-state index contributed by atoms with van der Waals surface area (Å²) in [6.07, 6.45) is 0.916. The molecule has 0 saturated heterocycles. The van der Waals surface area contributed by atoms with E-state index < -0.39 is 35.2 Å². The largest absolute Gasteiger partial charge is 0.465 e. The van der Waals surface area contributed by atoms with Crippen LogP contribution < -0.4 is 16.4 Å². The summed E-state index contributed by atoms with van der Waals surface area (Å²) >= 11 is 0. The molecule has 0 spiro atoms. The van der Waals surface area contributed by atoms with E-state index in [0.717, 1.165) is 23.8 Å². The number of hydrogen-bond acceptors (Lipinski definition) is 4.